The summed E-state index contributed by atoms with van der Waals surface area (Å²) in [6.07, 6.45) is 2.22. The number of carbonyl (C=O) groups is 1. The minimum Gasteiger partial charge on any atom is -0.444 e. The molecule has 6 nitrogen and oxygen atoms in total. The Morgan fingerprint density at radius 1 is 1.50 bits per heavy atom. The topological polar surface area (TPSA) is 96.2 Å². The molecule has 104 valence electrons. The molecule has 0 bridgehead atoms. The van der Waals surface area contributed by atoms with E-state index in [0.29, 0.717) is 6.54 Å². The summed E-state index contributed by atoms with van der Waals surface area (Å²) in [5.74, 6) is 0. The van der Waals surface area contributed by atoms with Crippen molar-refractivity contribution in [3.8, 4) is 0 Å². The van der Waals surface area contributed by atoms with Gasteiger partial charge < -0.3 is 16.2 Å². The standard InChI is InChI=1S/C7H13N3.C5H11NO2/c1-6-7(3-4-8)5-10(2)9-6;1-5(2,3)8-4(6)7/h5H,3-4,8H2,1-2H3;1-3H3,(H2,6,7). The first kappa shape index (κ1) is 16.4. The molecule has 0 saturated heterocycles. The highest BCUT2D eigenvalue weighted by Gasteiger charge is 2.12. The quantitative estimate of drug-likeness (QED) is 0.828. The maximum absolute atomic E-state index is 10.0. The first-order chi connectivity index (χ1) is 8.15. The lowest BCUT2D eigenvalue weighted by Crippen LogP contribution is -2.27. The first-order valence-electron chi connectivity index (χ1n) is 5.83. The normalized spacial score (nSPS) is 10.6. The summed E-state index contributed by atoms with van der Waals surface area (Å²) in [5, 5.41) is 4.19. The van der Waals surface area contributed by atoms with Crippen molar-refractivity contribution in [3.05, 3.63) is 17.5 Å². The van der Waals surface area contributed by atoms with E-state index in [4.69, 9.17) is 11.5 Å². The van der Waals surface area contributed by atoms with Crippen LogP contribution in [0.5, 0.6) is 0 Å². The molecule has 1 heterocycles. The van der Waals surface area contributed by atoms with Gasteiger partial charge in [0.05, 0.1) is 5.69 Å². The van der Waals surface area contributed by atoms with Gasteiger partial charge in [-0.05, 0) is 46.2 Å². The largest absolute Gasteiger partial charge is 0.444 e. The summed E-state index contributed by atoms with van der Waals surface area (Å²) in [6.45, 7) is 7.99. The second kappa shape index (κ2) is 7.00. The fourth-order valence-electron chi connectivity index (χ4n) is 1.35. The SMILES string of the molecule is CC(C)(C)OC(N)=O.Cc1nn(C)cc1CCN. The summed E-state index contributed by atoms with van der Waals surface area (Å²) in [7, 11) is 1.92. The van der Waals surface area contributed by atoms with Crippen LogP contribution in [0.25, 0.3) is 0 Å². The van der Waals surface area contributed by atoms with Gasteiger partial charge in [0.25, 0.3) is 0 Å². The van der Waals surface area contributed by atoms with Gasteiger partial charge in [0.2, 0.25) is 0 Å². The van der Waals surface area contributed by atoms with Crippen LogP contribution < -0.4 is 11.5 Å². The van der Waals surface area contributed by atoms with E-state index in [-0.39, 0.29) is 0 Å². The molecule has 1 aromatic rings. The number of carbonyl (C=O) groups excluding carboxylic acids is 1. The van der Waals surface area contributed by atoms with E-state index >= 15 is 0 Å². The molecule has 4 N–H and O–H groups in total. The van der Waals surface area contributed by atoms with Crippen molar-refractivity contribution < 1.29 is 9.53 Å². The molecule has 0 fully saturated rings. The zero-order valence-electron chi connectivity index (χ0n) is 11.9. The molecule has 0 saturated carbocycles. The van der Waals surface area contributed by atoms with Crippen molar-refractivity contribution >= 4 is 6.09 Å². The molecule has 0 aromatic carbocycles. The van der Waals surface area contributed by atoms with Crippen molar-refractivity contribution in [2.75, 3.05) is 6.54 Å². The Balaban J connectivity index is 0.000000331. The average molecular weight is 256 g/mol. The maximum atomic E-state index is 10.0. The molecule has 0 aliphatic carbocycles. The maximum Gasteiger partial charge on any atom is 0.405 e. The number of ether oxygens (including phenoxy) is 1. The van der Waals surface area contributed by atoms with Crippen molar-refractivity contribution in [1.29, 1.82) is 0 Å². The molecule has 0 atom stereocenters. The van der Waals surface area contributed by atoms with Crippen molar-refractivity contribution in [2.24, 2.45) is 18.5 Å². The number of aryl methyl sites for hydroxylation is 2. The summed E-state index contributed by atoms with van der Waals surface area (Å²) >= 11 is 0. The van der Waals surface area contributed by atoms with Gasteiger partial charge >= 0.3 is 6.09 Å². The Labute approximate surface area is 108 Å². The monoisotopic (exact) mass is 256 g/mol. The molecule has 0 unspecified atom stereocenters. The molecule has 18 heavy (non-hydrogen) atoms. The predicted octanol–water partition coefficient (Wildman–Crippen LogP) is 1.11. The molecule has 6 heteroatoms. The van der Waals surface area contributed by atoms with E-state index in [9.17, 15) is 4.79 Å². The molecule has 0 aliphatic heterocycles. The molecule has 0 radical (unpaired) electrons. The lowest BCUT2D eigenvalue weighted by atomic mass is 10.2. The van der Waals surface area contributed by atoms with Crippen LogP contribution in [0.2, 0.25) is 0 Å². The fourth-order valence-corrected chi connectivity index (χ4v) is 1.35. The van der Waals surface area contributed by atoms with Gasteiger partial charge in [-0.2, -0.15) is 5.10 Å². The highest BCUT2D eigenvalue weighted by Crippen LogP contribution is 2.05. The Kier molecular flexibility index (Phi) is 6.40. The summed E-state index contributed by atoms with van der Waals surface area (Å²) in [5.41, 5.74) is 12.0. The molecule has 1 amide bonds. The number of aromatic nitrogens is 2. The molecule has 1 aromatic heterocycles. The van der Waals surface area contributed by atoms with Crippen LogP contribution >= 0.6 is 0 Å². The third-order valence-electron chi connectivity index (χ3n) is 1.94. The fraction of sp³-hybridized carbons (Fsp3) is 0.667. The number of nitrogens with zero attached hydrogens (tertiary/aromatic N) is 2. The zero-order chi connectivity index (χ0) is 14.3. The van der Waals surface area contributed by atoms with Crippen LogP contribution in [-0.2, 0) is 18.2 Å². The highest BCUT2D eigenvalue weighted by molar-refractivity contribution is 5.65. The van der Waals surface area contributed by atoms with E-state index in [1.54, 1.807) is 20.8 Å². The molecular formula is C12H24N4O2. The lowest BCUT2D eigenvalue weighted by Gasteiger charge is -2.16. The number of primary amides is 1. The van der Waals surface area contributed by atoms with E-state index in [2.05, 4.69) is 9.84 Å². The van der Waals surface area contributed by atoms with E-state index < -0.39 is 11.7 Å². The Morgan fingerprint density at radius 3 is 2.28 bits per heavy atom. The van der Waals surface area contributed by atoms with Gasteiger partial charge in [0, 0.05) is 13.2 Å². The summed E-state index contributed by atoms with van der Waals surface area (Å²) < 4.78 is 6.40. The van der Waals surface area contributed by atoms with Crippen molar-refractivity contribution in [3.63, 3.8) is 0 Å². The molecule has 0 aliphatic rings. The van der Waals surface area contributed by atoms with Crippen LogP contribution in [0.3, 0.4) is 0 Å². The second-order valence-electron chi connectivity index (χ2n) is 4.99. The second-order valence-corrected chi connectivity index (χ2v) is 4.99. The summed E-state index contributed by atoms with van der Waals surface area (Å²) in [6, 6.07) is 0. The number of hydrogen-bond acceptors (Lipinski definition) is 4. The third kappa shape index (κ3) is 7.67. The van der Waals surface area contributed by atoms with Crippen LogP contribution in [-0.4, -0.2) is 28.0 Å². The van der Waals surface area contributed by atoms with Crippen LogP contribution in [0, 0.1) is 6.92 Å². The Bertz CT molecular complexity index is 380. The number of hydrogen-bond donors (Lipinski definition) is 2. The smallest absolute Gasteiger partial charge is 0.405 e. The first-order valence-corrected chi connectivity index (χ1v) is 5.83. The molecular weight excluding hydrogens is 232 g/mol. The van der Waals surface area contributed by atoms with Crippen LogP contribution in [0.15, 0.2) is 6.20 Å². The Hall–Kier alpha value is -1.56. The van der Waals surface area contributed by atoms with E-state index in [1.807, 2.05) is 24.9 Å². The van der Waals surface area contributed by atoms with Crippen molar-refractivity contribution in [1.82, 2.24) is 9.78 Å². The van der Waals surface area contributed by atoms with Gasteiger partial charge in [-0.1, -0.05) is 0 Å². The molecule has 1 rings (SSSR count). The van der Waals surface area contributed by atoms with Gasteiger partial charge in [0.15, 0.2) is 0 Å². The highest BCUT2D eigenvalue weighted by atomic mass is 16.6. The third-order valence-corrected chi connectivity index (χ3v) is 1.94. The van der Waals surface area contributed by atoms with Gasteiger partial charge in [-0.25, -0.2) is 4.79 Å². The summed E-state index contributed by atoms with van der Waals surface area (Å²) in [4.78, 5) is 10.0. The lowest BCUT2D eigenvalue weighted by molar-refractivity contribution is 0.0600. The number of nitrogens with two attached hydrogens (primary N) is 2. The van der Waals surface area contributed by atoms with E-state index in [0.717, 1.165) is 12.1 Å². The van der Waals surface area contributed by atoms with Crippen LogP contribution in [0.4, 0.5) is 4.79 Å². The van der Waals surface area contributed by atoms with Crippen molar-refractivity contribution in [2.45, 2.75) is 39.7 Å². The van der Waals surface area contributed by atoms with E-state index in [1.165, 1.54) is 5.56 Å². The van der Waals surface area contributed by atoms with Crippen LogP contribution in [0.1, 0.15) is 32.0 Å². The minimum atomic E-state index is -0.725. The zero-order valence-corrected chi connectivity index (χ0v) is 11.9. The van der Waals surface area contributed by atoms with Gasteiger partial charge in [0.1, 0.15) is 5.60 Å². The molecule has 0 spiro atoms. The predicted molar refractivity (Wildman–Crippen MR) is 71.1 cm³/mol. The number of amides is 1. The number of rotatable bonds is 2. The average Bonchev–Trinajstić information content (AvgIpc) is 2.42. The minimum absolute atomic E-state index is 0.453. The Morgan fingerprint density at radius 2 is 2.06 bits per heavy atom. The van der Waals surface area contributed by atoms with Gasteiger partial charge in [-0.3, -0.25) is 4.68 Å². The van der Waals surface area contributed by atoms with Gasteiger partial charge in [-0.15, -0.1) is 0 Å².